The Bertz CT molecular complexity index is 467. The number of rotatable bonds is 9. The van der Waals surface area contributed by atoms with E-state index in [9.17, 15) is 0 Å². The minimum Gasteiger partial charge on any atom is -0.493 e. The fourth-order valence-corrected chi connectivity index (χ4v) is 2.49. The zero-order valence-corrected chi connectivity index (χ0v) is 13.9. The standard InChI is InChI=1S/C18H29NO2/c1-6-7-17-14(4)18(21-11-13(2)3)15(8-9-19)10-16(17)12-20-5/h6,10,13H,1,7-9,11-12,19H2,2-5H3. The number of allylic oxidation sites excluding steroid dienone is 1. The van der Waals surface area contributed by atoms with Gasteiger partial charge in [-0.05, 0) is 60.5 Å². The normalized spacial score (nSPS) is 11.0. The molecule has 0 heterocycles. The van der Waals surface area contributed by atoms with Crippen molar-refractivity contribution in [2.45, 2.75) is 40.2 Å². The number of methoxy groups -OCH3 is 1. The first kappa shape index (κ1) is 17.7. The van der Waals surface area contributed by atoms with E-state index in [0.717, 1.165) is 25.2 Å². The predicted octanol–water partition coefficient (Wildman–Crippen LogP) is 3.41. The highest BCUT2D eigenvalue weighted by atomic mass is 16.5. The summed E-state index contributed by atoms with van der Waals surface area (Å²) in [5, 5.41) is 0. The summed E-state index contributed by atoms with van der Waals surface area (Å²) in [4.78, 5) is 0. The Morgan fingerprint density at radius 3 is 2.57 bits per heavy atom. The van der Waals surface area contributed by atoms with Gasteiger partial charge in [-0.25, -0.2) is 0 Å². The van der Waals surface area contributed by atoms with E-state index in [1.165, 1.54) is 22.3 Å². The van der Waals surface area contributed by atoms with E-state index in [4.69, 9.17) is 15.2 Å². The van der Waals surface area contributed by atoms with E-state index < -0.39 is 0 Å². The molecule has 0 radical (unpaired) electrons. The Labute approximate surface area is 129 Å². The van der Waals surface area contributed by atoms with Crippen molar-refractivity contribution in [2.24, 2.45) is 11.7 Å². The maximum Gasteiger partial charge on any atom is 0.125 e. The van der Waals surface area contributed by atoms with Crippen LogP contribution < -0.4 is 10.5 Å². The van der Waals surface area contributed by atoms with Crippen LogP contribution in [0, 0.1) is 12.8 Å². The van der Waals surface area contributed by atoms with Crippen molar-refractivity contribution in [2.75, 3.05) is 20.3 Å². The summed E-state index contributed by atoms with van der Waals surface area (Å²) in [7, 11) is 1.72. The molecule has 0 amide bonds. The maximum atomic E-state index is 6.07. The van der Waals surface area contributed by atoms with Gasteiger partial charge in [0.1, 0.15) is 5.75 Å². The summed E-state index contributed by atoms with van der Waals surface area (Å²) >= 11 is 0. The maximum absolute atomic E-state index is 6.07. The number of nitrogens with two attached hydrogens (primary N) is 1. The zero-order valence-electron chi connectivity index (χ0n) is 13.9. The third-order valence-electron chi connectivity index (χ3n) is 3.44. The molecule has 1 rings (SSSR count). The molecule has 0 aromatic heterocycles. The van der Waals surface area contributed by atoms with Crippen molar-refractivity contribution in [1.29, 1.82) is 0 Å². The first-order chi connectivity index (χ1) is 10.0. The average Bonchev–Trinajstić information content (AvgIpc) is 2.43. The lowest BCUT2D eigenvalue weighted by Crippen LogP contribution is -2.12. The number of ether oxygens (including phenoxy) is 2. The molecule has 0 aliphatic heterocycles. The minimum absolute atomic E-state index is 0.497. The Morgan fingerprint density at radius 1 is 1.33 bits per heavy atom. The van der Waals surface area contributed by atoms with Crippen molar-refractivity contribution in [3.8, 4) is 5.75 Å². The molecule has 0 aliphatic rings. The second-order valence-electron chi connectivity index (χ2n) is 5.80. The molecule has 1 aromatic carbocycles. The van der Waals surface area contributed by atoms with E-state index >= 15 is 0 Å². The van der Waals surface area contributed by atoms with Crippen LogP contribution in [0.4, 0.5) is 0 Å². The van der Waals surface area contributed by atoms with Crippen molar-refractivity contribution in [1.82, 2.24) is 0 Å². The molecule has 0 saturated heterocycles. The molecule has 0 fully saturated rings. The minimum atomic E-state index is 0.497. The molecule has 21 heavy (non-hydrogen) atoms. The summed E-state index contributed by atoms with van der Waals surface area (Å²) in [5.74, 6) is 1.49. The van der Waals surface area contributed by atoms with E-state index in [1.807, 2.05) is 6.08 Å². The van der Waals surface area contributed by atoms with E-state index in [2.05, 4.69) is 33.4 Å². The summed E-state index contributed by atoms with van der Waals surface area (Å²) in [5.41, 5.74) is 10.6. The highest BCUT2D eigenvalue weighted by Gasteiger charge is 2.16. The fraction of sp³-hybridized carbons (Fsp3) is 0.556. The average molecular weight is 291 g/mol. The first-order valence-corrected chi connectivity index (χ1v) is 7.62. The van der Waals surface area contributed by atoms with Gasteiger partial charge in [0.15, 0.2) is 0 Å². The smallest absolute Gasteiger partial charge is 0.125 e. The van der Waals surface area contributed by atoms with Crippen LogP contribution in [0.5, 0.6) is 5.75 Å². The summed E-state index contributed by atoms with van der Waals surface area (Å²) in [6.45, 7) is 12.2. The molecule has 0 unspecified atom stereocenters. The van der Waals surface area contributed by atoms with Crippen LogP contribution in [0.15, 0.2) is 18.7 Å². The van der Waals surface area contributed by atoms with Crippen molar-refractivity contribution in [3.63, 3.8) is 0 Å². The first-order valence-electron chi connectivity index (χ1n) is 7.62. The van der Waals surface area contributed by atoms with E-state index in [0.29, 0.717) is 19.1 Å². The van der Waals surface area contributed by atoms with Crippen molar-refractivity contribution >= 4 is 0 Å². The molecule has 3 heteroatoms. The zero-order chi connectivity index (χ0) is 15.8. The second-order valence-corrected chi connectivity index (χ2v) is 5.80. The van der Waals surface area contributed by atoms with Crippen LogP contribution >= 0.6 is 0 Å². The largest absolute Gasteiger partial charge is 0.493 e. The molecule has 0 aliphatic carbocycles. The molecule has 1 aromatic rings. The van der Waals surface area contributed by atoms with Crippen molar-refractivity contribution in [3.05, 3.63) is 41.0 Å². The Hall–Kier alpha value is -1.32. The van der Waals surface area contributed by atoms with Crippen LogP contribution in [0.2, 0.25) is 0 Å². The van der Waals surface area contributed by atoms with Gasteiger partial charge in [-0.3, -0.25) is 0 Å². The van der Waals surface area contributed by atoms with Gasteiger partial charge in [0.25, 0.3) is 0 Å². The molecule has 3 nitrogen and oxygen atoms in total. The molecular weight excluding hydrogens is 262 g/mol. The third kappa shape index (κ3) is 4.87. The van der Waals surface area contributed by atoms with Crippen LogP contribution in [0.25, 0.3) is 0 Å². The molecule has 0 bridgehead atoms. The quantitative estimate of drug-likeness (QED) is 0.709. The lowest BCUT2D eigenvalue weighted by atomic mass is 9.93. The van der Waals surface area contributed by atoms with Gasteiger partial charge in [-0.1, -0.05) is 19.9 Å². The Balaban J connectivity index is 3.29. The Kier molecular flexibility index (Phi) is 7.48. The third-order valence-corrected chi connectivity index (χ3v) is 3.44. The number of benzene rings is 1. The van der Waals surface area contributed by atoms with Crippen LogP contribution in [-0.4, -0.2) is 20.3 Å². The van der Waals surface area contributed by atoms with Crippen LogP contribution in [-0.2, 0) is 24.2 Å². The SMILES string of the molecule is C=CCc1c(COC)cc(CCN)c(OCC(C)C)c1C. The molecule has 2 N–H and O–H groups in total. The van der Waals surface area contributed by atoms with Gasteiger partial charge in [0.2, 0.25) is 0 Å². The predicted molar refractivity (Wildman–Crippen MR) is 88.9 cm³/mol. The molecule has 0 saturated carbocycles. The highest BCUT2D eigenvalue weighted by Crippen LogP contribution is 2.31. The number of hydrogen-bond acceptors (Lipinski definition) is 3. The lowest BCUT2D eigenvalue weighted by Gasteiger charge is -2.21. The topological polar surface area (TPSA) is 44.5 Å². The van der Waals surface area contributed by atoms with Gasteiger partial charge in [0, 0.05) is 7.11 Å². The van der Waals surface area contributed by atoms with E-state index in [1.54, 1.807) is 7.11 Å². The second kappa shape index (κ2) is 8.85. The lowest BCUT2D eigenvalue weighted by molar-refractivity contribution is 0.184. The monoisotopic (exact) mass is 291 g/mol. The van der Waals surface area contributed by atoms with Gasteiger partial charge < -0.3 is 15.2 Å². The number of hydrogen-bond donors (Lipinski definition) is 1. The summed E-state index contributed by atoms with van der Waals surface area (Å²) in [6, 6.07) is 2.18. The molecular formula is C18H29NO2. The molecule has 0 spiro atoms. The van der Waals surface area contributed by atoms with Crippen molar-refractivity contribution < 1.29 is 9.47 Å². The summed E-state index contributed by atoms with van der Waals surface area (Å²) in [6.07, 6.45) is 3.57. The molecule has 0 atom stereocenters. The van der Waals surface area contributed by atoms with Crippen LogP contribution in [0.3, 0.4) is 0 Å². The van der Waals surface area contributed by atoms with Gasteiger partial charge >= 0.3 is 0 Å². The summed E-state index contributed by atoms with van der Waals surface area (Å²) < 4.78 is 11.4. The molecule has 118 valence electrons. The van der Waals surface area contributed by atoms with Gasteiger partial charge in [-0.15, -0.1) is 6.58 Å². The fourth-order valence-electron chi connectivity index (χ4n) is 2.49. The van der Waals surface area contributed by atoms with E-state index in [-0.39, 0.29) is 0 Å². The van der Waals surface area contributed by atoms with Crippen LogP contribution in [0.1, 0.15) is 36.1 Å². The highest BCUT2D eigenvalue weighted by molar-refractivity contribution is 5.51. The Morgan fingerprint density at radius 2 is 2.05 bits per heavy atom. The van der Waals surface area contributed by atoms with Gasteiger partial charge in [0.05, 0.1) is 13.2 Å². The van der Waals surface area contributed by atoms with Gasteiger partial charge in [-0.2, -0.15) is 0 Å².